The number of hydrogen-bond donors (Lipinski definition) is 4. The minimum atomic E-state index is -1.01. The van der Waals surface area contributed by atoms with Crippen LogP contribution < -0.4 is 21.7 Å². The maximum Gasteiger partial charge on any atom is 0.277 e. The summed E-state index contributed by atoms with van der Waals surface area (Å²) < 4.78 is 29.9. The second-order valence-electron chi connectivity index (χ2n) is 8.46. The Bertz CT molecular complexity index is 1170. The van der Waals surface area contributed by atoms with E-state index in [2.05, 4.69) is 15.4 Å². The number of carbonyl (C=O) groups is 1. The summed E-state index contributed by atoms with van der Waals surface area (Å²) in [7, 11) is 1.72. The third-order valence-corrected chi connectivity index (χ3v) is 6.41. The summed E-state index contributed by atoms with van der Waals surface area (Å²) in [6.45, 7) is 2.59. The number of thiazole rings is 1. The number of anilines is 3. The molecule has 2 atom stereocenters. The number of nitrogens with zero attached hydrogens (tertiary/aromatic N) is 4. The molecule has 0 spiro atoms. The van der Waals surface area contributed by atoms with E-state index < -0.39 is 23.1 Å². The first-order valence-corrected chi connectivity index (χ1v) is 11.1. The largest absolute Gasteiger partial charge is 0.389 e. The molecule has 1 aliphatic rings. The number of nitrogen functional groups attached to an aromatic ring is 1. The molecule has 4 rings (SSSR count). The Labute approximate surface area is 193 Å². The van der Waals surface area contributed by atoms with E-state index in [-0.39, 0.29) is 27.3 Å². The molecule has 1 aliphatic heterocycles. The minimum Gasteiger partial charge on any atom is -0.389 e. The zero-order valence-electron chi connectivity index (χ0n) is 18.2. The van der Waals surface area contributed by atoms with Crippen molar-refractivity contribution in [2.75, 3.05) is 29.0 Å². The highest BCUT2D eigenvalue weighted by Gasteiger charge is 2.33. The number of carbonyl (C=O) groups excluding carboxylic acids is 1. The average Bonchev–Trinajstić information content (AvgIpc) is 3.23. The van der Waals surface area contributed by atoms with E-state index in [4.69, 9.17) is 11.5 Å². The van der Waals surface area contributed by atoms with Gasteiger partial charge in [0.2, 0.25) is 0 Å². The Kier molecular flexibility index (Phi) is 6.08. The van der Waals surface area contributed by atoms with Gasteiger partial charge in [-0.2, -0.15) is 5.10 Å². The zero-order valence-corrected chi connectivity index (χ0v) is 19.0. The normalized spacial score (nSPS) is 21.2. The van der Waals surface area contributed by atoms with Gasteiger partial charge in [0.15, 0.2) is 11.5 Å². The number of aromatic nitrogens is 3. The zero-order chi connectivity index (χ0) is 23.9. The van der Waals surface area contributed by atoms with Crippen molar-refractivity contribution >= 4 is 33.8 Å². The van der Waals surface area contributed by atoms with Gasteiger partial charge < -0.3 is 26.8 Å². The second-order valence-corrected chi connectivity index (χ2v) is 9.49. The van der Waals surface area contributed by atoms with Crippen LogP contribution in [0.25, 0.3) is 10.6 Å². The molecule has 3 heterocycles. The molecule has 0 aliphatic carbocycles. The van der Waals surface area contributed by atoms with Crippen LogP contribution in [0.4, 0.5) is 25.3 Å². The van der Waals surface area contributed by atoms with Gasteiger partial charge in [-0.1, -0.05) is 17.4 Å². The van der Waals surface area contributed by atoms with Crippen LogP contribution in [0, 0.1) is 11.6 Å². The van der Waals surface area contributed by atoms with Crippen molar-refractivity contribution in [3.63, 3.8) is 0 Å². The molecule has 3 aromatic rings. The van der Waals surface area contributed by atoms with Crippen LogP contribution in [-0.2, 0) is 7.05 Å². The lowest BCUT2D eigenvalue weighted by Gasteiger charge is -2.30. The molecule has 9 nitrogen and oxygen atoms in total. The van der Waals surface area contributed by atoms with Crippen molar-refractivity contribution < 1.29 is 18.7 Å². The maximum absolute atomic E-state index is 14.1. The fourth-order valence-electron chi connectivity index (χ4n) is 4.10. The number of benzene rings is 1. The molecular formula is C21H25F2N7O2S. The Hall–Kier alpha value is -3.09. The Morgan fingerprint density at radius 2 is 2.06 bits per heavy atom. The summed E-state index contributed by atoms with van der Waals surface area (Å²) in [5.74, 6) is -1.64. The highest BCUT2D eigenvalue weighted by molar-refractivity contribution is 7.19. The van der Waals surface area contributed by atoms with Crippen LogP contribution >= 0.6 is 11.3 Å². The van der Waals surface area contributed by atoms with Gasteiger partial charge in [0.25, 0.3) is 5.91 Å². The van der Waals surface area contributed by atoms with Crippen molar-refractivity contribution in [3.05, 3.63) is 41.7 Å². The number of hydrogen-bond acceptors (Lipinski definition) is 8. The van der Waals surface area contributed by atoms with Crippen molar-refractivity contribution in [2.24, 2.45) is 12.8 Å². The lowest BCUT2D eigenvalue weighted by Crippen LogP contribution is -2.41. The van der Waals surface area contributed by atoms with Gasteiger partial charge in [-0.15, -0.1) is 0 Å². The topological polar surface area (TPSA) is 135 Å². The first-order valence-electron chi connectivity index (χ1n) is 10.3. The molecule has 12 heteroatoms. The van der Waals surface area contributed by atoms with Crippen molar-refractivity contribution in [2.45, 2.75) is 31.4 Å². The number of nitrogens with two attached hydrogens (primary N) is 2. The van der Waals surface area contributed by atoms with Gasteiger partial charge in [0.05, 0.1) is 17.4 Å². The van der Waals surface area contributed by atoms with E-state index in [1.165, 1.54) is 12.3 Å². The van der Waals surface area contributed by atoms with Gasteiger partial charge in [-0.25, -0.2) is 13.8 Å². The number of rotatable bonds is 4. The molecule has 0 bridgehead atoms. The van der Waals surface area contributed by atoms with Gasteiger partial charge in [-0.3, -0.25) is 9.48 Å². The van der Waals surface area contributed by atoms with Crippen LogP contribution in [-0.4, -0.2) is 50.5 Å². The number of β-amino-alcohol motifs (C(OH)–C–C–N with tert-alkyl or cyclic N) is 1. The van der Waals surface area contributed by atoms with E-state index in [9.17, 15) is 18.7 Å². The molecule has 6 N–H and O–H groups in total. The number of nitrogens with one attached hydrogen (secondary N) is 1. The summed E-state index contributed by atoms with van der Waals surface area (Å²) in [5, 5.41) is 17.7. The van der Waals surface area contributed by atoms with Gasteiger partial charge >= 0.3 is 0 Å². The second kappa shape index (κ2) is 8.69. The van der Waals surface area contributed by atoms with Crippen LogP contribution in [0.1, 0.15) is 30.3 Å². The van der Waals surface area contributed by atoms with Crippen molar-refractivity contribution in [3.8, 4) is 10.6 Å². The van der Waals surface area contributed by atoms with E-state index in [0.717, 1.165) is 23.5 Å². The average molecular weight is 478 g/mol. The monoisotopic (exact) mass is 477 g/mol. The van der Waals surface area contributed by atoms with Crippen LogP contribution in [0.2, 0.25) is 0 Å². The maximum atomic E-state index is 14.1. The van der Waals surface area contributed by atoms with Gasteiger partial charge in [-0.05, 0) is 31.9 Å². The molecule has 0 saturated carbocycles. The first kappa shape index (κ1) is 23.1. The molecule has 1 fully saturated rings. The molecule has 33 heavy (non-hydrogen) atoms. The molecule has 0 radical (unpaired) electrons. The predicted octanol–water partition coefficient (Wildman–Crippen LogP) is 2.33. The fraction of sp³-hybridized carbons (Fsp3) is 0.381. The Morgan fingerprint density at radius 3 is 2.76 bits per heavy atom. The third kappa shape index (κ3) is 4.68. The summed E-state index contributed by atoms with van der Waals surface area (Å²) in [6.07, 6.45) is 2.59. The lowest BCUT2D eigenvalue weighted by atomic mass is 9.97. The van der Waals surface area contributed by atoms with Crippen LogP contribution in [0.15, 0.2) is 24.4 Å². The molecule has 2 unspecified atom stereocenters. The first-order chi connectivity index (χ1) is 15.6. The fourth-order valence-corrected chi connectivity index (χ4v) is 4.98. The van der Waals surface area contributed by atoms with E-state index in [1.807, 2.05) is 4.90 Å². The summed E-state index contributed by atoms with van der Waals surface area (Å²) in [4.78, 5) is 19.0. The summed E-state index contributed by atoms with van der Waals surface area (Å²) in [6, 6.07) is 3.32. The van der Waals surface area contributed by atoms with E-state index in [1.54, 1.807) is 18.7 Å². The third-order valence-electron chi connectivity index (χ3n) is 5.50. The quantitative estimate of drug-likeness (QED) is 0.453. The minimum absolute atomic E-state index is 0.0271. The molecular weight excluding hydrogens is 452 g/mol. The SMILES string of the molecule is Cn1ncc(NC(=O)c2nc(-c3c(F)cccc3F)sc2N)c1N1CCC(N)CC(C)(O)C1. The van der Waals surface area contributed by atoms with Gasteiger partial charge in [0.1, 0.15) is 27.3 Å². The van der Waals surface area contributed by atoms with Crippen molar-refractivity contribution in [1.29, 1.82) is 0 Å². The Morgan fingerprint density at radius 1 is 1.36 bits per heavy atom. The van der Waals surface area contributed by atoms with Gasteiger partial charge in [0, 0.05) is 26.2 Å². The lowest BCUT2D eigenvalue weighted by molar-refractivity contribution is 0.0568. The number of aliphatic hydroxyl groups is 1. The Balaban J connectivity index is 1.62. The number of aryl methyl sites for hydroxylation is 1. The smallest absolute Gasteiger partial charge is 0.277 e. The molecule has 176 valence electrons. The highest BCUT2D eigenvalue weighted by Crippen LogP contribution is 2.35. The summed E-state index contributed by atoms with van der Waals surface area (Å²) >= 11 is 0.823. The highest BCUT2D eigenvalue weighted by atomic mass is 32.1. The molecule has 1 amide bonds. The van der Waals surface area contributed by atoms with Crippen LogP contribution in [0.5, 0.6) is 0 Å². The van der Waals surface area contributed by atoms with E-state index >= 15 is 0 Å². The van der Waals surface area contributed by atoms with Crippen LogP contribution in [0.3, 0.4) is 0 Å². The number of amides is 1. The molecule has 1 aromatic carbocycles. The predicted molar refractivity (Wildman–Crippen MR) is 123 cm³/mol. The standard InChI is InChI=1S/C21H25F2N7O2S/c1-21(32)8-11(24)6-7-30(10-21)20-14(9-26-29(20)2)27-18(31)16-17(25)33-19(28-16)15-12(22)4-3-5-13(15)23/h3-5,9,11,32H,6-8,10,24-25H2,1-2H3,(H,27,31). The molecule has 2 aromatic heterocycles. The van der Waals surface area contributed by atoms with Crippen molar-refractivity contribution in [1.82, 2.24) is 14.8 Å². The summed E-state index contributed by atoms with van der Waals surface area (Å²) in [5.41, 5.74) is 11.0. The number of halogens is 2. The van der Waals surface area contributed by atoms with E-state index in [0.29, 0.717) is 37.4 Å². The molecule has 1 saturated heterocycles.